The molecule has 7 nitrogen and oxygen atoms in total. The number of imidazole rings is 1. The molecule has 2 rings (SSSR count). The number of imide groups is 1. The molecule has 0 spiro atoms. The van der Waals surface area contributed by atoms with Crippen molar-refractivity contribution in [2.45, 2.75) is 39.0 Å². The lowest BCUT2D eigenvalue weighted by molar-refractivity contribution is 0.0850. The minimum Gasteiger partial charge on any atom is -0.361 e. The largest absolute Gasteiger partial charge is 0.361 e. The highest BCUT2D eigenvalue weighted by Crippen LogP contribution is 2.20. The number of urea groups is 1. The van der Waals surface area contributed by atoms with E-state index in [1.165, 1.54) is 18.2 Å². The van der Waals surface area contributed by atoms with E-state index in [9.17, 15) is 9.59 Å². The van der Waals surface area contributed by atoms with Crippen molar-refractivity contribution in [2.75, 3.05) is 6.61 Å². The summed E-state index contributed by atoms with van der Waals surface area (Å²) in [5, 5.41) is 5.44. The maximum absolute atomic E-state index is 12.1. The van der Waals surface area contributed by atoms with E-state index in [2.05, 4.69) is 35.3 Å². The van der Waals surface area contributed by atoms with Gasteiger partial charge in [0.1, 0.15) is 6.73 Å². The van der Waals surface area contributed by atoms with Gasteiger partial charge in [-0.05, 0) is 24.2 Å². The van der Waals surface area contributed by atoms with Crippen molar-refractivity contribution in [1.82, 2.24) is 20.2 Å². The third-order valence-corrected chi connectivity index (χ3v) is 6.11. The molecular formula is C18H24Cl2N4O3Si. The quantitative estimate of drug-likeness (QED) is 0.474. The zero-order valence-electron chi connectivity index (χ0n) is 16.1. The van der Waals surface area contributed by atoms with E-state index in [0.29, 0.717) is 18.4 Å². The van der Waals surface area contributed by atoms with Crippen molar-refractivity contribution in [1.29, 1.82) is 0 Å². The van der Waals surface area contributed by atoms with E-state index in [-0.39, 0.29) is 17.1 Å². The molecule has 0 saturated heterocycles. The lowest BCUT2D eigenvalue weighted by atomic mass is 10.2. The highest BCUT2D eigenvalue weighted by Gasteiger charge is 2.15. The SMILES string of the molecule is C[Si](C)(C)CCOCn1cncc1CNC(=O)NC(=O)c1ccc(Cl)cc1Cl. The minimum atomic E-state index is -1.14. The predicted molar refractivity (Wildman–Crippen MR) is 112 cm³/mol. The lowest BCUT2D eigenvalue weighted by Crippen LogP contribution is -2.39. The molecule has 3 amide bonds. The Morgan fingerprint density at radius 2 is 2.00 bits per heavy atom. The molecule has 2 aromatic rings. The number of halogens is 2. The highest BCUT2D eigenvalue weighted by molar-refractivity contribution is 6.76. The normalized spacial score (nSPS) is 11.3. The fourth-order valence-electron chi connectivity index (χ4n) is 2.21. The van der Waals surface area contributed by atoms with Crippen molar-refractivity contribution in [3.63, 3.8) is 0 Å². The van der Waals surface area contributed by atoms with Crippen LogP contribution in [0.15, 0.2) is 30.7 Å². The summed E-state index contributed by atoms with van der Waals surface area (Å²) in [6.45, 7) is 8.13. The van der Waals surface area contributed by atoms with Gasteiger partial charge in [0.15, 0.2) is 0 Å². The first-order chi connectivity index (χ1) is 13.2. The zero-order valence-corrected chi connectivity index (χ0v) is 18.6. The van der Waals surface area contributed by atoms with Gasteiger partial charge >= 0.3 is 6.03 Å². The molecule has 0 saturated carbocycles. The molecule has 2 N–H and O–H groups in total. The topological polar surface area (TPSA) is 85.2 Å². The van der Waals surface area contributed by atoms with Crippen LogP contribution in [0.5, 0.6) is 0 Å². The first-order valence-corrected chi connectivity index (χ1v) is 13.2. The van der Waals surface area contributed by atoms with Gasteiger partial charge < -0.3 is 14.6 Å². The van der Waals surface area contributed by atoms with Gasteiger partial charge in [-0.25, -0.2) is 9.78 Å². The summed E-state index contributed by atoms with van der Waals surface area (Å²) in [5.41, 5.74) is 0.933. The lowest BCUT2D eigenvalue weighted by Gasteiger charge is -2.16. The molecule has 152 valence electrons. The molecule has 1 aromatic carbocycles. The summed E-state index contributed by atoms with van der Waals surface area (Å²) < 4.78 is 7.50. The molecule has 0 aliphatic heterocycles. The third-order valence-electron chi connectivity index (χ3n) is 3.86. The third kappa shape index (κ3) is 7.27. The highest BCUT2D eigenvalue weighted by atomic mass is 35.5. The zero-order chi connectivity index (χ0) is 20.7. The van der Waals surface area contributed by atoms with Gasteiger partial charge in [0.05, 0.1) is 35.3 Å². The van der Waals surface area contributed by atoms with Gasteiger partial charge in [0.25, 0.3) is 5.91 Å². The van der Waals surface area contributed by atoms with E-state index in [1.54, 1.807) is 12.5 Å². The monoisotopic (exact) mass is 442 g/mol. The number of benzene rings is 1. The first-order valence-electron chi connectivity index (χ1n) is 8.77. The molecule has 0 unspecified atom stereocenters. The number of ether oxygens (including phenoxy) is 1. The molecule has 0 atom stereocenters. The van der Waals surface area contributed by atoms with E-state index in [1.807, 2.05) is 4.57 Å². The molecule has 0 radical (unpaired) electrons. The Morgan fingerprint density at radius 3 is 2.68 bits per heavy atom. The van der Waals surface area contributed by atoms with E-state index in [4.69, 9.17) is 27.9 Å². The molecule has 1 aromatic heterocycles. The van der Waals surface area contributed by atoms with Crippen molar-refractivity contribution >= 4 is 43.2 Å². The number of nitrogens with one attached hydrogen (secondary N) is 2. The van der Waals surface area contributed by atoms with Crippen LogP contribution < -0.4 is 10.6 Å². The molecular weight excluding hydrogens is 419 g/mol. The second-order valence-electron chi connectivity index (χ2n) is 7.46. The maximum Gasteiger partial charge on any atom is 0.322 e. The number of hydrogen-bond donors (Lipinski definition) is 2. The van der Waals surface area contributed by atoms with Crippen LogP contribution in [-0.4, -0.2) is 36.2 Å². The molecule has 0 aliphatic rings. The summed E-state index contributed by atoms with van der Waals surface area (Å²) >= 11 is 11.8. The minimum absolute atomic E-state index is 0.169. The number of hydrogen-bond acceptors (Lipinski definition) is 4. The number of carbonyl (C=O) groups is 2. The average Bonchev–Trinajstić information content (AvgIpc) is 3.03. The fourth-order valence-corrected chi connectivity index (χ4v) is 3.46. The molecule has 0 bridgehead atoms. The van der Waals surface area contributed by atoms with Gasteiger partial charge in [-0.3, -0.25) is 10.1 Å². The van der Waals surface area contributed by atoms with E-state index in [0.717, 1.165) is 11.7 Å². The summed E-state index contributed by atoms with van der Waals surface area (Å²) in [5.74, 6) is -0.609. The first kappa shape index (κ1) is 22.4. The Kier molecular flexibility index (Phi) is 8.06. The van der Waals surface area contributed by atoms with Crippen LogP contribution in [0.4, 0.5) is 4.79 Å². The number of nitrogens with zero attached hydrogens (tertiary/aromatic N) is 2. The Balaban J connectivity index is 1.81. The van der Waals surface area contributed by atoms with Crippen molar-refractivity contribution in [3.05, 3.63) is 52.0 Å². The Labute approximate surface area is 175 Å². The van der Waals surface area contributed by atoms with Gasteiger partial charge in [-0.2, -0.15) is 0 Å². The predicted octanol–water partition coefficient (Wildman–Crippen LogP) is 4.14. The maximum atomic E-state index is 12.1. The number of rotatable bonds is 8. The molecule has 0 aliphatic carbocycles. The van der Waals surface area contributed by atoms with Crippen LogP contribution in [0.1, 0.15) is 16.1 Å². The molecule has 28 heavy (non-hydrogen) atoms. The standard InChI is InChI=1S/C18H24Cl2N4O3Si/c1-28(2,3)7-6-27-12-24-11-21-9-14(24)10-22-18(26)23-17(25)15-5-4-13(19)8-16(15)20/h4-5,8-9,11H,6-7,10,12H2,1-3H3,(H2,22,23,25,26). The summed E-state index contributed by atoms with van der Waals surface area (Å²) in [6, 6.07) is 4.87. The second kappa shape index (κ2) is 10.1. The van der Waals surface area contributed by atoms with Crippen LogP contribution in [0.3, 0.4) is 0 Å². The summed E-state index contributed by atoms with van der Waals surface area (Å²) in [6.07, 6.45) is 3.28. The van der Waals surface area contributed by atoms with Crippen molar-refractivity contribution < 1.29 is 14.3 Å². The Morgan fingerprint density at radius 1 is 1.25 bits per heavy atom. The number of amides is 3. The van der Waals surface area contributed by atoms with Crippen LogP contribution in [0, 0.1) is 0 Å². The van der Waals surface area contributed by atoms with Crippen LogP contribution in [0.25, 0.3) is 0 Å². The Bertz CT molecular complexity index is 836. The average molecular weight is 443 g/mol. The van der Waals surface area contributed by atoms with E-state index < -0.39 is 20.0 Å². The number of aromatic nitrogens is 2. The van der Waals surface area contributed by atoms with Gasteiger partial charge in [-0.1, -0.05) is 42.8 Å². The van der Waals surface area contributed by atoms with Crippen LogP contribution >= 0.6 is 23.2 Å². The van der Waals surface area contributed by atoms with Crippen LogP contribution in [-0.2, 0) is 18.0 Å². The second-order valence-corrected chi connectivity index (χ2v) is 13.9. The van der Waals surface area contributed by atoms with Crippen molar-refractivity contribution in [3.8, 4) is 0 Å². The fraction of sp³-hybridized carbons (Fsp3) is 0.389. The van der Waals surface area contributed by atoms with Crippen LogP contribution in [0.2, 0.25) is 35.7 Å². The summed E-state index contributed by atoms with van der Waals surface area (Å²) in [7, 11) is -1.14. The van der Waals surface area contributed by atoms with Gasteiger partial charge in [0.2, 0.25) is 0 Å². The Hall–Kier alpha value is -1.87. The summed E-state index contributed by atoms with van der Waals surface area (Å²) in [4.78, 5) is 28.2. The van der Waals surface area contributed by atoms with Crippen molar-refractivity contribution in [2.24, 2.45) is 0 Å². The van der Waals surface area contributed by atoms with E-state index >= 15 is 0 Å². The molecule has 1 heterocycles. The number of carbonyl (C=O) groups excluding carboxylic acids is 2. The molecule has 10 heteroatoms. The van der Waals surface area contributed by atoms with Gasteiger partial charge in [-0.15, -0.1) is 0 Å². The molecule has 0 fully saturated rings. The van der Waals surface area contributed by atoms with Gasteiger partial charge in [0, 0.05) is 19.7 Å². The smallest absolute Gasteiger partial charge is 0.322 e.